The lowest BCUT2D eigenvalue weighted by Gasteiger charge is -2.37. The molecular weight excluding hydrogens is 240 g/mol. The van der Waals surface area contributed by atoms with Crippen LogP contribution in [-0.2, 0) is 9.47 Å². The Morgan fingerprint density at radius 2 is 2.26 bits per heavy atom. The average Bonchev–Trinajstić information content (AvgIpc) is 2.85. The highest BCUT2D eigenvalue weighted by Gasteiger charge is 2.40. The highest BCUT2D eigenvalue weighted by molar-refractivity contribution is 4.92. The topological polar surface area (TPSA) is 33.7 Å². The third kappa shape index (κ3) is 4.15. The Kier molecular flexibility index (Phi) is 5.63. The van der Waals surface area contributed by atoms with E-state index < -0.39 is 0 Å². The number of ether oxygens (including phenoxy) is 2. The van der Waals surface area contributed by atoms with Gasteiger partial charge in [0.05, 0.1) is 12.2 Å². The number of hydrogen-bond acceptors (Lipinski definition) is 4. The van der Waals surface area contributed by atoms with Crippen LogP contribution < -0.4 is 5.32 Å². The van der Waals surface area contributed by atoms with Crippen molar-refractivity contribution in [1.29, 1.82) is 0 Å². The number of nitrogens with zero attached hydrogens (tertiary/aromatic N) is 1. The Hall–Kier alpha value is -0.160. The van der Waals surface area contributed by atoms with Crippen LogP contribution in [0, 0.1) is 0 Å². The zero-order valence-corrected chi connectivity index (χ0v) is 12.8. The molecule has 3 unspecified atom stereocenters. The van der Waals surface area contributed by atoms with Crippen molar-refractivity contribution in [2.75, 3.05) is 40.0 Å². The fraction of sp³-hybridized carbons (Fsp3) is 1.00. The highest BCUT2D eigenvalue weighted by Crippen LogP contribution is 2.32. The van der Waals surface area contributed by atoms with Crippen LogP contribution in [0.1, 0.15) is 39.5 Å². The lowest BCUT2D eigenvalue weighted by molar-refractivity contribution is -0.0893. The van der Waals surface area contributed by atoms with Gasteiger partial charge in [-0.15, -0.1) is 0 Å². The third-order valence-corrected chi connectivity index (χ3v) is 4.80. The normalized spacial score (nSPS) is 33.2. The van der Waals surface area contributed by atoms with Gasteiger partial charge >= 0.3 is 0 Å². The lowest BCUT2D eigenvalue weighted by Crippen LogP contribution is -2.49. The van der Waals surface area contributed by atoms with Crippen LogP contribution in [0.3, 0.4) is 0 Å². The van der Waals surface area contributed by atoms with E-state index in [0.29, 0.717) is 12.1 Å². The molecule has 2 aliphatic rings. The van der Waals surface area contributed by atoms with Crippen molar-refractivity contribution in [2.24, 2.45) is 0 Å². The predicted octanol–water partition coefficient (Wildman–Crippen LogP) is 1.64. The summed E-state index contributed by atoms with van der Waals surface area (Å²) in [5.74, 6) is 0. The molecular formula is C15H30N2O2. The third-order valence-electron chi connectivity index (χ3n) is 4.80. The Morgan fingerprint density at radius 3 is 2.95 bits per heavy atom. The number of nitrogens with one attached hydrogen (secondary N) is 1. The molecule has 4 heteroatoms. The summed E-state index contributed by atoms with van der Waals surface area (Å²) < 4.78 is 11.5. The molecule has 19 heavy (non-hydrogen) atoms. The molecule has 2 aliphatic heterocycles. The molecule has 3 atom stereocenters. The molecule has 2 saturated heterocycles. The standard InChI is InChI=1S/C15H30N2O2/c1-4-13(2)17(3)8-7-16-14-5-9-19-15(11-14)6-10-18-12-15/h13-14,16H,4-12H2,1-3H3. The summed E-state index contributed by atoms with van der Waals surface area (Å²) in [6, 6.07) is 1.27. The van der Waals surface area contributed by atoms with Gasteiger partial charge in [-0.25, -0.2) is 0 Å². The van der Waals surface area contributed by atoms with E-state index in [1.165, 1.54) is 6.42 Å². The molecule has 0 aliphatic carbocycles. The van der Waals surface area contributed by atoms with Crippen LogP contribution in [0.2, 0.25) is 0 Å². The van der Waals surface area contributed by atoms with E-state index in [0.717, 1.165) is 52.2 Å². The molecule has 1 spiro atoms. The second-order valence-electron chi connectivity index (χ2n) is 6.22. The van der Waals surface area contributed by atoms with Crippen LogP contribution in [0.25, 0.3) is 0 Å². The first-order valence-electron chi connectivity index (χ1n) is 7.80. The smallest absolute Gasteiger partial charge is 0.0951 e. The summed E-state index contributed by atoms with van der Waals surface area (Å²) in [7, 11) is 2.21. The number of likely N-dealkylation sites (N-methyl/N-ethyl adjacent to an activating group) is 1. The van der Waals surface area contributed by atoms with Crippen molar-refractivity contribution >= 4 is 0 Å². The first-order chi connectivity index (χ1) is 9.15. The van der Waals surface area contributed by atoms with Crippen LogP contribution in [0.5, 0.6) is 0 Å². The lowest BCUT2D eigenvalue weighted by atomic mass is 9.90. The number of rotatable bonds is 6. The fourth-order valence-electron chi connectivity index (χ4n) is 3.04. The van der Waals surface area contributed by atoms with Crippen LogP contribution in [0.4, 0.5) is 0 Å². The van der Waals surface area contributed by atoms with E-state index in [1.807, 2.05) is 0 Å². The molecule has 0 bridgehead atoms. The van der Waals surface area contributed by atoms with Gasteiger partial charge < -0.3 is 19.7 Å². The maximum Gasteiger partial charge on any atom is 0.0951 e. The van der Waals surface area contributed by atoms with E-state index in [-0.39, 0.29) is 5.60 Å². The summed E-state index contributed by atoms with van der Waals surface area (Å²) >= 11 is 0. The quantitative estimate of drug-likeness (QED) is 0.795. The first kappa shape index (κ1) is 15.2. The number of hydrogen-bond donors (Lipinski definition) is 1. The summed E-state index contributed by atoms with van der Waals surface area (Å²) in [6.45, 7) is 9.26. The predicted molar refractivity (Wildman–Crippen MR) is 77.5 cm³/mol. The minimum atomic E-state index is 0.0263. The van der Waals surface area contributed by atoms with Gasteiger partial charge in [-0.3, -0.25) is 0 Å². The summed E-state index contributed by atoms with van der Waals surface area (Å²) in [5.41, 5.74) is 0.0263. The van der Waals surface area contributed by atoms with E-state index in [1.54, 1.807) is 0 Å². The molecule has 0 aromatic carbocycles. The van der Waals surface area contributed by atoms with Crippen molar-refractivity contribution in [3.05, 3.63) is 0 Å². The second-order valence-corrected chi connectivity index (χ2v) is 6.22. The molecule has 2 fully saturated rings. The minimum Gasteiger partial charge on any atom is -0.378 e. The van der Waals surface area contributed by atoms with E-state index in [9.17, 15) is 0 Å². The molecule has 112 valence electrons. The van der Waals surface area contributed by atoms with Crippen molar-refractivity contribution < 1.29 is 9.47 Å². The van der Waals surface area contributed by atoms with Crippen molar-refractivity contribution in [3.8, 4) is 0 Å². The molecule has 0 radical (unpaired) electrons. The molecule has 0 aromatic heterocycles. The molecule has 1 N–H and O–H groups in total. The van der Waals surface area contributed by atoms with Crippen molar-refractivity contribution in [1.82, 2.24) is 10.2 Å². The van der Waals surface area contributed by atoms with Crippen molar-refractivity contribution in [3.63, 3.8) is 0 Å². The van der Waals surface area contributed by atoms with Gasteiger partial charge in [0, 0.05) is 44.8 Å². The Labute approximate surface area is 117 Å². The van der Waals surface area contributed by atoms with Gasteiger partial charge in [0.1, 0.15) is 0 Å². The average molecular weight is 270 g/mol. The largest absolute Gasteiger partial charge is 0.378 e. The molecule has 2 heterocycles. The summed E-state index contributed by atoms with van der Waals surface area (Å²) in [5, 5.41) is 3.71. The fourth-order valence-corrected chi connectivity index (χ4v) is 3.04. The van der Waals surface area contributed by atoms with Crippen LogP contribution in [-0.4, -0.2) is 62.5 Å². The van der Waals surface area contributed by atoms with E-state index in [2.05, 4.69) is 31.1 Å². The van der Waals surface area contributed by atoms with Crippen LogP contribution in [0.15, 0.2) is 0 Å². The van der Waals surface area contributed by atoms with Crippen LogP contribution >= 0.6 is 0 Å². The molecule has 0 saturated carbocycles. The van der Waals surface area contributed by atoms with E-state index >= 15 is 0 Å². The minimum absolute atomic E-state index is 0.0263. The maximum atomic E-state index is 5.96. The van der Waals surface area contributed by atoms with Gasteiger partial charge in [-0.2, -0.15) is 0 Å². The summed E-state index contributed by atoms with van der Waals surface area (Å²) in [6.07, 6.45) is 4.53. The molecule has 0 amide bonds. The second kappa shape index (κ2) is 7.02. The Balaban J connectivity index is 1.68. The Morgan fingerprint density at radius 1 is 1.42 bits per heavy atom. The zero-order valence-electron chi connectivity index (χ0n) is 12.8. The highest BCUT2D eigenvalue weighted by atomic mass is 16.6. The van der Waals surface area contributed by atoms with Gasteiger partial charge in [0.15, 0.2) is 0 Å². The first-order valence-corrected chi connectivity index (χ1v) is 7.80. The van der Waals surface area contributed by atoms with Gasteiger partial charge in [-0.1, -0.05) is 6.92 Å². The van der Waals surface area contributed by atoms with Gasteiger partial charge in [-0.05, 0) is 33.2 Å². The Bertz CT molecular complexity index is 267. The van der Waals surface area contributed by atoms with E-state index in [4.69, 9.17) is 9.47 Å². The molecule has 2 rings (SSSR count). The van der Waals surface area contributed by atoms with Gasteiger partial charge in [0.25, 0.3) is 0 Å². The maximum absolute atomic E-state index is 5.96. The molecule has 0 aromatic rings. The van der Waals surface area contributed by atoms with Gasteiger partial charge in [0.2, 0.25) is 0 Å². The zero-order chi connectivity index (χ0) is 13.7. The monoisotopic (exact) mass is 270 g/mol. The van der Waals surface area contributed by atoms with Crippen molar-refractivity contribution in [2.45, 2.75) is 57.2 Å². The summed E-state index contributed by atoms with van der Waals surface area (Å²) in [4.78, 5) is 2.43. The SMILES string of the molecule is CCC(C)N(C)CCNC1CCOC2(CCOC2)C1. The molecule has 4 nitrogen and oxygen atoms in total.